The first-order valence-corrected chi connectivity index (χ1v) is 6.93. The Balaban J connectivity index is 1.72. The number of amides is 1. The average Bonchev–Trinajstić information content (AvgIpc) is 3.02. The van der Waals surface area contributed by atoms with Crippen LogP contribution in [0.2, 0.25) is 0 Å². The molecule has 2 aromatic rings. The Morgan fingerprint density at radius 2 is 2.33 bits per heavy atom. The lowest BCUT2D eigenvalue weighted by Gasteiger charge is -2.22. The molecule has 1 aromatic carbocycles. The number of nitrogens with one attached hydrogen (secondary N) is 2. The predicted molar refractivity (Wildman–Crippen MR) is 75.6 cm³/mol. The molecule has 0 aliphatic carbocycles. The summed E-state index contributed by atoms with van der Waals surface area (Å²) in [7, 11) is 0. The zero-order chi connectivity index (χ0) is 14.7. The van der Waals surface area contributed by atoms with Gasteiger partial charge in [-0.2, -0.15) is 5.10 Å². The molecule has 1 atom stereocenters. The van der Waals surface area contributed by atoms with Gasteiger partial charge < -0.3 is 10.6 Å². The quantitative estimate of drug-likeness (QED) is 0.898. The highest BCUT2D eigenvalue weighted by Gasteiger charge is 2.20. The van der Waals surface area contributed by atoms with Gasteiger partial charge in [-0.05, 0) is 37.6 Å². The van der Waals surface area contributed by atoms with E-state index in [9.17, 15) is 9.18 Å². The fourth-order valence-corrected chi connectivity index (χ4v) is 2.41. The SMILES string of the molecule is O=C(Nc1ccc(-n2cncn2)c(F)c1)[C@@H]1CCCCN1. The Kier molecular flexibility index (Phi) is 3.92. The number of benzene rings is 1. The molecular weight excluding hydrogens is 273 g/mol. The second-order valence-corrected chi connectivity index (χ2v) is 5.00. The van der Waals surface area contributed by atoms with Gasteiger partial charge in [-0.25, -0.2) is 14.1 Å². The normalized spacial score (nSPS) is 18.4. The maximum atomic E-state index is 14.1. The topological polar surface area (TPSA) is 71.8 Å². The molecule has 0 unspecified atom stereocenters. The molecule has 1 fully saturated rings. The van der Waals surface area contributed by atoms with E-state index < -0.39 is 5.82 Å². The Morgan fingerprint density at radius 1 is 1.43 bits per heavy atom. The van der Waals surface area contributed by atoms with Crippen LogP contribution in [0.15, 0.2) is 30.9 Å². The van der Waals surface area contributed by atoms with Crippen LogP contribution in [0.4, 0.5) is 10.1 Å². The van der Waals surface area contributed by atoms with Gasteiger partial charge in [0.05, 0.1) is 6.04 Å². The monoisotopic (exact) mass is 289 g/mol. The summed E-state index contributed by atoms with van der Waals surface area (Å²) < 4.78 is 15.4. The van der Waals surface area contributed by atoms with E-state index in [0.717, 1.165) is 25.8 Å². The van der Waals surface area contributed by atoms with Crippen LogP contribution < -0.4 is 10.6 Å². The van der Waals surface area contributed by atoms with Crippen LogP contribution in [-0.4, -0.2) is 33.3 Å². The van der Waals surface area contributed by atoms with Gasteiger partial charge in [0.15, 0.2) is 5.82 Å². The summed E-state index contributed by atoms with van der Waals surface area (Å²) in [6.07, 6.45) is 5.69. The van der Waals surface area contributed by atoms with Gasteiger partial charge in [0.2, 0.25) is 5.91 Å². The fourth-order valence-electron chi connectivity index (χ4n) is 2.41. The average molecular weight is 289 g/mol. The minimum Gasteiger partial charge on any atom is -0.325 e. The Labute approximate surface area is 121 Å². The van der Waals surface area contributed by atoms with Gasteiger partial charge in [0, 0.05) is 5.69 Å². The van der Waals surface area contributed by atoms with Crippen molar-refractivity contribution in [2.75, 3.05) is 11.9 Å². The highest BCUT2D eigenvalue weighted by atomic mass is 19.1. The molecule has 2 N–H and O–H groups in total. The Hall–Kier alpha value is -2.28. The number of halogens is 1. The van der Waals surface area contributed by atoms with Gasteiger partial charge in [0.1, 0.15) is 18.3 Å². The van der Waals surface area contributed by atoms with Gasteiger partial charge in [-0.1, -0.05) is 6.42 Å². The number of aromatic nitrogens is 3. The number of nitrogens with zero attached hydrogens (tertiary/aromatic N) is 3. The Morgan fingerprint density at radius 3 is 3.00 bits per heavy atom. The van der Waals surface area contributed by atoms with Crippen LogP contribution in [0.5, 0.6) is 0 Å². The van der Waals surface area contributed by atoms with Crippen LogP contribution in [-0.2, 0) is 4.79 Å². The largest absolute Gasteiger partial charge is 0.325 e. The van der Waals surface area contributed by atoms with Gasteiger partial charge in [-0.15, -0.1) is 0 Å². The zero-order valence-corrected chi connectivity index (χ0v) is 11.4. The number of anilines is 1. The van der Waals surface area contributed by atoms with Crippen molar-refractivity contribution in [1.82, 2.24) is 20.1 Å². The lowest BCUT2D eigenvalue weighted by Crippen LogP contribution is -2.43. The predicted octanol–water partition coefficient (Wildman–Crippen LogP) is 1.49. The molecule has 1 aliphatic heterocycles. The van der Waals surface area contributed by atoms with Crippen molar-refractivity contribution in [2.45, 2.75) is 25.3 Å². The van der Waals surface area contributed by atoms with E-state index in [0.29, 0.717) is 11.4 Å². The van der Waals surface area contributed by atoms with Crippen molar-refractivity contribution in [1.29, 1.82) is 0 Å². The molecule has 3 rings (SSSR count). The molecule has 0 radical (unpaired) electrons. The minimum atomic E-state index is -0.463. The smallest absolute Gasteiger partial charge is 0.241 e. The van der Waals surface area contributed by atoms with Crippen LogP contribution in [0.25, 0.3) is 5.69 Å². The number of carbonyl (C=O) groups is 1. The van der Waals surface area contributed by atoms with Crippen molar-refractivity contribution >= 4 is 11.6 Å². The summed E-state index contributed by atoms with van der Waals surface area (Å²) in [6.45, 7) is 0.845. The highest BCUT2D eigenvalue weighted by Crippen LogP contribution is 2.18. The summed E-state index contributed by atoms with van der Waals surface area (Å²) >= 11 is 0. The molecular formula is C14H16FN5O. The number of carbonyl (C=O) groups excluding carboxylic acids is 1. The second kappa shape index (κ2) is 6.01. The summed E-state index contributed by atoms with van der Waals surface area (Å²) in [5, 5.41) is 9.78. The molecule has 2 heterocycles. The minimum absolute atomic E-state index is 0.123. The van der Waals surface area contributed by atoms with Gasteiger partial charge in [-0.3, -0.25) is 4.79 Å². The van der Waals surface area contributed by atoms with E-state index in [2.05, 4.69) is 20.7 Å². The first-order valence-electron chi connectivity index (χ1n) is 6.93. The molecule has 6 nitrogen and oxygen atoms in total. The third-order valence-electron chi connectivity index (χ3n) is 3.51. The lowest BCUT2D eigenvalue weighted by molar-refractivity contribution is -0.118. The van der Waals surface area contributed by atoms with Crippen molar-refractivity contribution in [3.8, 4) is 5.69 Å². The summed E-state index contributed by atoms with van der Waals surface area (Å²) in [5.41, 5.74) is 0.732. The standard InChI is InChI=1S/C14H16FN5O/c15-11-7-10(4-5-13(11)20-9-16-8-18-20)19-14(21)12-3-1-2-6-17-12/h4-5,7-9,12,17H,1-3,6H2,(H,19,21)/t12-/m0/s1. The lowest BCUT2D eigenvalue weighted by atomic mass is 10.0. The van der Waals surface area contributed by atoms with E-state index in [1.165, 1.54) is 23.4 Å². The molecule has 110 valence electrons. The molecule has 1 amide bonds. The van der Waals surface area contributed by atoms with E-state index >= 15 is 0 Å². The summed E-state index contributed by atoms with van der Waals surface area (Å²) in [6, 6.07) is 4.31. The zero-order valence-electron chi connectivity index (χ0n) is 11.4. The fraction of sp³-hybridized carbons (Fsp3) is 0.357. The highest BCUT2D eigenvalue weighted by molar-refractivity contribution is 5.94. The van der Waals surface area contributed by atoms with Crippen LogP contribution >= 0.6 is 0 Å². The van der Waals surface area contributed by atoms with Crippen molar-refractivity contribution < 1.29 is 9.18 Å². The third kappa shape index (κ3) is 3.08. The number of rotatable bonds is 3. The van der Waals surface area contributed by atoms with Crippen molar-refractivity contribution in [3.05, 3.63) is 36.7 Å². The number of piperidine rings is 1. The maximum absolute atomic E-state index is 14.1. The van der Waals surface area contributed by atoms with E-state index in [1.807, 2.05) is 0 Å². The number of hydrogen-bond acceptors (Lipinski definition) is 4. The molecule has 0 bridgehead atoms. The molecule has 0 spiro atoms. The van der Waals surface area contributed by atoms with Gasteiger partial charge in [0.25, 0.3) is 0 Å². The third-order valence-corrected chi connectivity index (χ3v) is 3.51. The van der Waals surface area contributed by atoms with E-state index in [-0.39, 0.29) is 11.9 Å². The summed E-state index contributed by atoms with van der Waals surface area (Å²) in [4.78, 5) is 15.8. The Bertz CT molecular complexity index is 622. The molecule has 1 aliphatic rings. The van der Waals surface area contributed by atoms with E-state index in [1.54, 1.807) is 12.1 Å². The van der Waals surface area contributed by atoms with E-state index in [4.69, 9.17) is 0 Å². The summed E-state index contributed by atoms with van der Waals surface area (Å²) in [5.74, 6) is -0.586. The van der Waals surface area contributed by atoms with Crippen LogP contribution in [0, 0.1) is 5.82 Å². The number of hydrogen-bond donors (Lipinski definition) is 2. The first kappa shape index (κ1) is 13.7. The van der Waals surface area contributed by atoms with Crippen molar-refractivity contribution in [3.63, 3.8) is 0 Å². The molecule has 1 saturated heterocycles. The molecule has 0 saturated carbocycles. The molecule has 21 heavy (non-hydrogen) atoms. The van der Waals surface area contributed by atoms with Gasteiger partial charge >= 0.3 is 0 Å². The van der Waals surface area contributed by atoms with Crippen molar-refractivity contribution in [2.24, 2.45) is 0 Å². The van der Waals surface area contributed by atoms with Crippen LogP contribution in [0.3, 0.4) is 0 Å². The maximum Gasteiger partial charge on any atom is 0.241 e. The molecule has 1 aromatic heterocycles. The van der Waals surface area contributed by atoms with Crippen LogP contribution in [0.1, 0.15) is 19.3 Å². The first-order chi connectivity index (χ1) is 10.2. The molecule has 7 heteroatoms. The second-order valence-electron chi connectivity index (χ2n) is 5.00.